The van der Waals surface area contributed by atoms with Crippen LogP contribution >= 0.6 is 0 Å². The van der Waals surface area contributed by atoms with Crippen molar-refractivity contribution >= 4 is 11.9 Å². The SMILES string of the molecule is CCC(CC)NC(=O)COC(=O)c1cc(OC)c(OC)cc1OC. The quantitative estimate of drug-likeness (QED) is 0.694. The Morgan fingerprint density at radius 1 is 0.958 bits per heavy atom. The van der Waals surface area contributed by atoms with Gasteiger partial charge in [-0.2, -0.15) is 0 Å². The Labute approximate surface area is 142 Å². The first-order valence-corrected chi connectivity index (χ1v) is 7.77. The summed E-state index contributed by atoms with van der Waals surface area (Å²) in [7, 11) is 4.37. The van der Waals surface area contributed by atoms with Gasteiger partial charge in [-0.25, -0.2) is 4.79 Å². The Balaban J connectivity index is 2.82. The molecule has 24 heavy (non-hydrogen) atoms. The number of hydrogen-bond acceptors (Lipinski definition) is 6. The normalized spacial score (nSPS) is 10.2. The largest absolute Gasteiger partial charge is 0.496 e. The number of benzene rings is 1. The fraction of sp³-hybridized carbons (Fsp3) is 0.529. The molecule has 0 spiro atoms. The fourth-order valence-corrected chi connectivity index (χ4v) is 2.16. The zero-order valence-electron chi connectivity index (χ0n) is 14.8. The van der Waals surface area contributed by atoms with E-state index >= 15 is 0 Å². The Bertz CT molecular complexity index is 568. The highest BCUT2D eigenvalue weighted by Gasteiger charge is 2.20. The van der Waals surface area contributed by atoms with Crippen LogP contribution < -0.4 is 19.5 Å². The molecule has 1 aromatic carbocycles. The van der Waals surface area contributed by atoms with Crippen molar-refractivity contribution in [3.63, 3.8) is 0 Å². The average Bonchev–Trinajstić information content (AvgIpc) is 2.62. The predicted molar refractivity (Wildman–Crippen MR) is 88.9 cm³/mol. The molecule has 0 fully saturated rings. The second-order valence-electron chi connectivity index (χ2n) is 5.06. The molecule has 134 valence electrons. The summed E-state index contributed by atoms with van der Waals surface area (Å²) >= 11 is 0. The summed E-state index contributed by atoms with van der Waals surface area (Å²) in [5, 5.41) is 2.80. The number of amides is 1. The van der Waals surface area contributed by atoms with Gasteiger partial charge in [-0.05, 0) is 12.8 Å². The molecule has 7 nitrogen and oxygen atoms in total. The van der Waals surface area contributed by atoms with E-state index in [4.69, 9.17) is 18.9 Å². The van der Waals surface area contributed by atoms with Crippen molar-refractivity contribution < 1.29 is 28.5 Å². The summed E-state index contributed by atoms with van der Waals surface area (Å²) in [5.74, 6) is 0.0613. The predicted octanol–water partition coefficient (Wildman–Crippen LogP) is 2.17. The molecular weight excluding hydrogens is 314 g/mol. The second-order valence-corrected chi connectivity index (χ2v) is 5.06. The summed E-state index contributed by atoms with van der Waals surface area (Å²) in [4.78, 5) is 24.1. The van der Waals surface area contributed by atoms with Gasteiger partial charge in [0.05, 0.1) is 21.3 Å². The monoisotopic (exact) mass is 339 g/mol. The standard InChI is InChI=1S/C17H25NO6/c1-6-11(7-2)18-16(19)10-24-17(20)12-8-14(22-4)15(23-5)9-13(12)21-3/h8-9,11H,6-7,10H2,1-5H3,(H,18,19). The van der Waals surface area contributed by atoms with Crippen molar-refractivity contribution in [2.24, 2.45) is 0 Å². The van der Waals surface area contributed by atoms with Gasteiger partial charge in [0.1, 0.15) is 11.3 Å². The van der Waals surface area contributed by atoms with Gasteiger partial charge in [-0.1, -0.05) is 13.8 Å². The molecular formula is C17H25NO6. The molecule has 0 aliphatic carbocycles. The van der Waals surface area contributed by atoms with E-state index in [0.29, 0.717) is 11.5 Å². The maximum Gasteiger partial charge on any atom is 0.342 e. The van der Waals surface area contributed by atoms with E-state index in [1.807, 2.05) is 13.8 Å². The van der Waals surface area contributed by atoms with Crippen LogP contribution in [0.2, 0.25) is 0 Å². The number of hydrogen-bond donors (Lipinski definition) is 1. The molecule has 0 aliphatic rings. The molecule has 0 atom stereocenters. The minimum atomic E-state index is -0.674. The van der Waals surface area contributed by atoms with Crippen LogP contribution in [0.4, 0.5) is 0 Å². The van der Waals surface area contributed by atoms with Crippen LogP contribution in [-0.4, -0.2) is 45.9 Å². The van der Waals surface area contributed by atoms with E-state index in [2.05, 4.69) is 5.32 Å². The number of carbonyl (C=O) groups is 2. The molecule has 0 saturated carbocycles. The Morgan fingerprint density at radius 3 is 2.00 bits per heavy atom. The molecule has 1 amide bonds. The maximum atomic E-state index is 12.2. The van der Waals surface area contributed by atoms with Crippen LogP contribution in [0.25, 0.3) is 0 Å². The highest BCUT2D eigenvalue weighted by molar-refractivity contribution is 5.95. The van der Waals surface area contributed by atoms with Crippen molar-refractivity contribution in [1.29, 1.82) is 0 Å². The van der Waals surface area contributed by atoms with Gasteiger partial charge < -0.3 is 24.3 Å². The maximum absolute atomic E-state index is 12.2. The third-order valence-electron chi connectivity index (χ3n) is 3.61. The van der Waals surface area contributed by atoms with E-state index in [-0.39, 0.29) is 29.9 Å². The van der Waals surface area contributed by atoms with Gasteiger partial charge in [0, 0.05) is 18.2 Å². The van der Waals surface area contributed by atoms with Crippen molar-refractivity contribution in [3.8, 4) is 17.2 Å². The summed E-state index contributed by atoms with van der Waals surface area (Å²) in [6, 6.07) is 3.06. The minimum absolute atomic E-state index is 0.0758. The number of ether oxygens (including phenoxy) is 4. The molecule has 0 radical (unpaired) electrons. The first kappa shape index (κ1) is 19.6. The van der Waals surface area contributed by atoms with Gasteiger partial charge in [-0.15, -0.1) is 0 Å². The lowest BCUT2D eigenvalue weighted by molar-refractivity contribution is -0.125. The smallest absolute Gasteiger partial charge is 0.342 e. The number of nitrogens with one attached hydrogen (secondary N) is 1. The van der Waals surface area contributed by atoms with Gasteiger partial charge in [0.2, 0.25) is 0 Å². The molecule has 0 saturated heterocycles. The number of rotatable bonds is 9. The molecule has 0 aromatic heterocycles. The van der Waals surface area contributed by atoms with E-state index in [0.717, 1.165) is 12.8 Å². The molecule has 1 rings (SSSR count). The van der Waals surface area contributed by atoms with Gasteiger partial charge in [0.25, 0.3) is 5.91 Å². The van der Waals surface area contributed by atoms with E-state index in [9.17, 15) is 9.59 Å². The Morgan fingerprint density at radius 2 is 1.50 bits per heavy atom. The third kappa shape index (κ3) is 5.04. The number of esters is 1. The van der Waals surface area contributed by atoms with Crippen molar-refractivity contribution in [2.75, 3.05) is 27.9 Å². The first-order chi connectivity index (χ1) is 11.5. The zero-order chi connectivity index (χ0) is 18.1. The number of methoxy groups -OCH3 is 3. The highest BCUT2D eigenvalue weighted by Crippen LogP contribution is 2.34. The summed E-state index contributed by atoms with van der Waals surface area (Å²) < 4.78 is 20.6. The van der Waals surface area contributed by atoms with Crippen LogP contribution in [0.3, 0.4) is 0 Å². The van der Waals surface area contributed by atoms with E-state index < -0.39 is 5.97 Å². The van der Waals surface area contributed by atoms with Crippen molar-refractivity contribution in [1.82, 2.24) is 5.32 Å². The fourth-order valence-electron chi connectivity index (χ4n) is 2.16. The summed E-state index contributed by atoms with van der Waals surface area (Å²) in [5.41, 5.74) is 0.158. The van der Waals surface area contributed by atoms with Crippen LogP contribution in [0.5, 0.6) is 17.2 Å². The zero-order valence-corrected chi connectivity index (χ0v) is 14.8. The summed E-state index contributed by atoms with van der Waals surface area (Å²) in [6.45, 7) is 3.61. The topological polar surface area (TPSA) is 83.1 Å². The van der Waals surface area contributed by atoms with E-state index in [1.54, 1.807) is 0 Å². The summed E-state index contributed by atoms with van der Waals surface area (Å²) in [6.07, 6.45) is 1.64. The molecule has 7 heteroatoms. The third-order valence-corrected chi connectivity index (χ3v) is 3.61. The van der Waals surface area contributed by atoms with Gasteiger partial charge in [0.15, 0.2) is 18.1 Å². The molecule has 1 aromatic rings. The van der Waals surface area contributed by atoms with Crippen LogP contribution in [0.1, 0.15) is 37.0 Å². The first-order valence-electron chi connectivity index (χ1n) is 7.77. The van der Waals surface area contributed by atoms with Crippen LogP contribution in [0, 0.1) is 0 Å². The minimum Gasteiger partial charge on any atom is -0.496 e. The van der Waals surface area contributed by atoms with Crippen molar-refractivity contribution in [3.05, 3.63) is 17.7 Å². The molecule has 1 N–H and O–H groups in total. The molecule has 0 heterocycles. The average molecular weight is 339 g/mol. The van der Waals surface area contributed by atoms with Crippen molar-refractivity contribution in [2.45, 2.75) is 32.7 Å². The molecule has 0 unspecified atom stereocenters. The lowest BCUT2D eigenvalue weighted by atomic mass is 10.1. The second kappa shape index (κ2) is 9.64. The lowest BCUT2D eigenvalue weighted by Gasteiger charge is -2.15. The number of carbonyl (C=O) groups excluding carboxylic acids is 2. The molecule has 0 aliphatic heterocycles. The Hall–Kier alpha value is -2.44. The van der Waals surface area contributed by atoms with Crippen LogP contribution in [-0.2, 0) is 9.53 Å². The lowest BCUT2D eigenvalue weighted by Crippen LogP contribution is -2.36. The van der Waals surface area contributed by atoms with Gasteiger partial charge >= 0.3 is 5.97 Å². The Kier molecular flexibility index (Phi) is 7.88. The van der Waals surface area contributed by atoms with Gasteiger partial charge in [-0.3, -0.25) is 4.79 Å². The molecule has 0 bridgehead atoms. The van der Waals surface area contributed by atoms with E-state index in [1.165, 1.54) is 33.5 Å². The van der Waals surface area contributed by atoms with Crippen LogP contribution in [0.15, 0.2) is 12.1 Å². The highest BCUT2D eigenvalue weighted by atomic mass is 16.5.